The number of ether oxygens (including phenoxy) is 1. The van der Waals surface area contributed by atoms with Crippen molar-refractivity contribution < 1.29 is 9.84 Å². The van der Waals surface area contributed by atoms with Crippen molar-refractivity contribution in [2.24, 2.45) is 5.41 Å². The van der Waals surface area contributed by atoms with Gasteiger partial charge in [0.2, 0.25) is 0 Å². The number of nitriles is 1. The average Bonchev–Trinajstić information content (AvgIpc) is 2.39. The fourth-order valence-electron chi connectivity index (χ4n) is 1.16. The Morgan fingerprint density at radius 2 is 2.50 bits per heavy atom. The second kappa shape index (κ2) is 3.00. The molecule has 0 bridgehead atoms. The molecule has 0 radical (unpaired) electrons. The minimum Gasteiger partial charge on any atom is -0.396 e. The van der Waals surface area contributed by atoms with Gasteiger partial charge in [-0.1, -0.05) is 0 Å². The summed E-state index contributed by atoms with van der Waals surface area (Å²) in [6.45, 7) is 1.23. The second-order valence-corrected chi connectivity index (χ2v) is 2.67. The third kappa shape index (κ3) is 1.28. The molecule has 0 aromatic heterocycles. The highest BCUT2D eigenvalue weighted by Crippen LogP contribution is 2.30. The highest BCUT2D eigenvalue weighted by molar-refractivity contribution is 5.01. The number of aliphatic hydroxyl groups is 1. The minimum atomic E-state index is -0.380. The molecule has 1 aliphatic heterocycles. The van der Waals surface area contributed by atoms with Gasteiger partial charge >= 0.3 is 0 Å². The van der Waals surface area contributed by atoms with Gasteiger partial charge in [0, 0.05) is 13.2 Å². The van der Waals surface area contributed by atoms with E-state index in [1.165, 1.54) is 0 Å². The van der Waals surface area contributed by atoms with Gasteiger partial charge in [0.25, 0.3) is 0 Å². The molecular formula is C7H11NO2. The van der Waals surface area contributed by atoms with Crippen LogP contribution in [-0.4, -0.2) is 24.9 Å². The SMILES string of the molecule is N#CC1(CCO)CCOC1. The molecule has 1 aliphatic rings. The predicted molar refractivity (Wildman–Crippen MR) is 35.2 cm³/mol. The number of aliphatic hydroxyl groups excluding tert-OH is 1. The first-order chi connectivity index (χ1) is 4.83. The van der Waals surface area contributed by atoms with E-state index < -0.39 is 0 Å². The van der Waals surface area contributed by atoms with E-state index in [1.807, 2.05) is 0 Å². The summed E-state index contributed by atoms with van der Waals surface area (Å²) in [6.07, 6.45) is 1.31. The van der Waals surface area contributed by atoms with Crippen molar-refractivity contribution in [3.8, 4) is 6.07 Å². The van der Waals surface area contributed by atoms with E-state index in [2.05, 4.69) is 6.07 Å². The summed E-state index contributed by atoms with van der Waals surface area (Å²) in [4.78, 5) is 0. The molecular weight excluding hydrogens is 130 g/mol. The normalized spacial score (nSPS) is 32.0. The van der Waals surface area contributed by atoms with Crippen LogP contribution >= 0.6 is 0 Å². The van der Waals surface area contributed by atoms with Gasteiger partial charge in [-0.05, 0) is 12.8 Å². The third-order valence-corrected chi connectivity index (χ3v) is 1.93. The number of rotatable bonds is 2. The van der Waals surface area contributed by atoms with Gasteiger partial charge < -0.3 is 9.84 Å². The maximum absolute atomic E-state index is 8.71. The van der Waals surface area contributed by atoms with Gasteiger partial charge in [0.15, 0.2) is 0 Å². The first kappa shape index (κ1) is 7.52. The molecule has 0 amide bonds. The Morgan fingerprint density at radius 1 is 1.70 bits per heavy atom. The van der Waals surface area contributed by atoms with Gasteiger partial charge in [0.05, 0.1) is 18.1 Å². The van der Waals surface area contributed by atoms with E-state index in [9.17, 15) is 0 Å². The number of hydrogen-bond acceptors (Lipinski definition) is 3. The van der Waals surface area contributed by atoms with Crippen molar-refractivity contribution in [3.05, 3.63) is 0 Å². The molecule has 0 saturated carbocycles. The monoisotopic (exact) mass is 141 g/mol. The van der Waals surface area contributed by atoms with Crippen LogP contribution in [-0.2, 0) is 4.74 Å². The summed E-state index contributed by atoms with van der Waals surface area (Å²) in [6, 6.07) is 2.19. The highest BCUT2D eigenvalue weighted by atomic mass is 16.5. The Kier molecular flexibility index (Phi) is 2.25. The molecule has 10 heavy (non-hydrogen) atoms. The smallest absolute Gasteiger partial charge is 0.0850 e. The maximum atomic E-state index is 8.71. The van der Waals surface area contributed by atoms with Crippen LogP contribution in [0.1, 0.15) is 12.8 Å². The molecule has 1 saturated heterocycles. The van der Waals surface area contributed by atoms with Crippen LogP contribution in [0.4, 0.5) is 0 Å². The molecule has 0 aliphatic carbocycles. The lowest BCUT2D eigenvalue weighted by molar-refractivity contribution is 0.154. The van der Waals surface area contributed by atoms with E-state index in [0.717, 1.165) is 6.42 Å². The first-order valence-electron chi connectivity index (χ1n) is 3.43. The molecule has 3 heteroatoms. The predicted octanol–water partition coefficient (Wildman–Crippen LogP) is 0.299. The molecule has 1 heterocycles. The molecule has 1 atom stereocenters. The Balaban J connectivity index is 2.51. The van der Waals surface area contributed by atoms with E-state index >= 15 is 0 Å². The summed E-state index contributed by atoms with van der Waals surface area (Å²) in [5.41, 5.74) is -0.380. The Labute approximate surface area is 60.2 Å². The van der Waals surface area contributed by atoms with Crippen LogP contribution in [0.2, 0.25) is 0 Å². The van der Waals surface area contributed by atoms with Crippen molar-refractivity contribution in [2.45, 2.75) is 12.8 Å². The molecule has 1 fully saturated rings. The van der Waals surface area contributed by atoms with Gasteiger partial charge in [-0.3, -0.25) is 0 Å². The molecule has 0 aromatic rings. The van der Waals surface area contributed by atoms with Crippen molar-refractivity contribution in [2.75, 3.05) is 19.8 Å². The summed E-state index contributed by atoms with van der Waals surface area (Å²) in [7, 11) is 0. The van der Waals surface area contributed by atoms with Crippen LogP contribution in [0.15, 0.2) is 0 Å². The van der Waals surface area contributed by atoms with Crippen molar-refractivity contribution in [3.63, 3.8) is 0 Å². The Hall–Kier alpha value is -0.590. The average molecular weight is 141 g/mol. The van der Waals surface area contributed by atoms with Crippen molar-refractivity contribution >= 4 is 0 Å². The van der Waals surface area contributed by atoms with E-state index in [4.69, 9.17) is 15.1 Å². The van der Waals surface area contributed by atoms with E-state index in [0.29, 0.717) is 19.6 Å². The zero-order chi connectivity index (χ0) is 7.45. The van der Waals surface area contributed by atoms with Gasteiger partial charge in [-0.25, -0.2) is 0 Å². The molecule has 0 spiro atoms. The fraction of sp³-hybridized carbons (Fsp3) is 0.857. The lowest BCUT2D eigenvalue weighted by atomic mass is 9.86. The standard InChI is InChI=1S/C7H11NO2/c8-5-7(1-3-9)2-4-10-6-7/h9H,1-4,6H2. The second-order valence-electron chi connectivity index (χ2n) is 2.67. The zero-order valence-electron chi connectivity index (χ0n) is 5.84. The maximum Gasteiger partial charge on any atom is 0.0850 e. The zero-order valence-corrected chi connectivity index (χ0v) is 5.84. The Morgan fingerprint density at radius 3 is 2.90 bits per heavy atom. The van der Waals surface area contributed by atoms with Gasteiger partial charge in [-0.15, -0.1) is 0 Å². The summed E-state index contributed by atoms with van der Waals surface area (Å²) in [5, 5.41) is 17.3. The largest absolute Gasteiger partial charge is 0.396 e. The summed E-state index contributed by atoms with van der Waals surface area (Å²) < 4.78 is 5.07. The Bertz CT molecular complexity index is 144. The number of nitrogens with zero attached hydrogens (tertiary/aromatic N) is 1. The van der Waals surface area contributed by atoms with E-state index in [-0.39, 0.29) is 12.0 Å². The first-order valence-corrected chi connectivity index (χ1v) is 3.43. The van der Waals surface area contributed by atoms with Crippen LogP contribution in [0.5, 0.6) is 0 Å². The lowest BCUT2D eigenvalue weighted by Gasteiger charge is -2.15. The summed E-state index contributed by atoms with van der Waals surface area (Å²) in [5.74, 6) is 0. The molecule has 1 rings (SSSR count). The number of hydrogen-bond donors (Lipinski definition) is 1. The lowest BCUT2D eigenvalue weighted by Crippen LogP contribution is -2.19. The van der Waals surface area contributed by atoms with Crippen molar-refractivity contribution in [1.82, 2.24) is 0 Å². The quantitative estimate of drug-likeness (QED) is 0.601. The van der Waals surface area contributed by atoms with E-state index in [1.54, 1.807) is 0 Å². The molecule has 1 unspecified atom stereocenters. The molecule has 1 N–H and O–H groups in total. The topological polar surface area (TPSA) is 53.2 Å². The summed E-state index contributed by atoms with van der Waals surface area (Å²) >= 11 is 0. The fourth-order valence-corrected chi connectivity index (χ4v) is 1.16. The van der Waals surface area contributed by atoms with Crippen LogP contribution in [0.25, 0.3) is 0 Å². The molecule has 3 nitrogen and oxygen atoms in total. The van der Waals surface area contributed by atoms with Gasteiger partial charge in [0.1, 0.15) is 0 Å². The highest BCUT2D eigenvalue weighted by Gasteiger charge is 2.34. The van der Waals surface area contributed by atoms with Crippen LogP contribution in [0.3, 0.4) is 0 Å². The van der Waals surface area contributed by atoms with Crippen LogP contribution in [0, 0.1) is 16.7 Å². The van der Waals surface area contributed by atoms with Crippen LogP contribution < -0.4 is 0 Å². The van der Waals surface area contributed by atoms with Gasteiger partial charge in [-0.2, -0.15) is 5.26 Å². The molecule has 0 aromatic carbocycles. The minimum absolute atomic E-state index is 0.0803. The van der Waals surface area contributed by atoms with Crippen molar-refractivity contribution in [1.29, 1.82) is 5.26 Å². The third-order valence-electron chi connectivity index (χ3n) is 1.93. The molecule has 56 valence electrons.